The van der Waals surface area contributed by atoms with E-state index in [1.54, 1.807) is 13.8 Å². The van der Waals surface area contributed by atoms with Crippen LogP contribution in [0.3, 0.4) is 0 Å². The largest absolute Gasteiger partial charge is 0.454 e. The maximum absolute atomic E-state index is 12.5. The highest BCUT2D eigenvalue weighted by molar-refractivity contribution is 7.10. The zero-order valence-corrected chi connectivity index (χ0v) is 14.4. The molecule has 0 amide bonds. The molecule has 0 fully saturated rings. The van der Waals surface area contributed by atoms with Gasteiger partial charge in [0, 0.05) is 16.1 Å². The molecule has 2 aromatic heterocycles. The summed E-state index contributed by atoms with van der Waals surface area (Å²) in [6.45, 7) is 6.46. The topological polar surface area (TPSA) is 76.2 Å². The molecule has 0 radical (unpaired) electrons. The van der Waals surface area contributed by atoms with Gasteiger partial charge in [-0.2, -0.15) is 0 Å². The number of aromatic amines is 1. The van der Waals surface area contributed by atoms with Gasteiger partial charge in [0.05, 0.1) is 12.1 Å². The number of thiophene rings is 1. The predicted molar refractivity (Wildman–Crippen MR) is 88.2 cm³/mol. The molecule has 2 heterocycles. The van der Waals surface area contributed by atoms with E-state index in [0.29, 0.717) is 22.5 Å². The molecule has 2 aromatic rings. The highest BCUT2D eigenvalue weighted by Crippen LogP contribution is 2.20. The molecule has 0 aliphatic heterocycles. The second kappa shape index (κ2) is 6.91. The van der Waals surface area contributed by atoms with Crippen molar-refractivity contribution < 1.29 is 19.1 Å². The van der Waals surface area contributed by atoms with E-state index in [-0.39, 0.29) is 18.0 Å². The highest BCUT2D eigenvalue weighted by Gasteiger charge is 2.26. The number of hydrogen-bond donors (Lipinski definition) is 1. The van der Waals surface area contributed by atoms with Crippen LogP contribution in [0.4, 0.5) is 0 Å². The molecule has 122 valence electrons. The monoisotopic (exact) mass is 333 g/mol. The first kappa shape index (κ1) is 17.1. The molecule has 1 atom stereocenters. The maximum atomic E-state index is 12.5. The van der Waals surface area contributed by atoms with Crippen LogP contribution in [0.1, 0.15) is 50.8 Å². The van der Waals surface area contributed by atoms with Gasteiger partial charge in [0.2, 0.25) is 5.78 Å². The zero-order valence-electron chi connectivity index (χ0n) is 13.6. The first-order chi connectivity index (χ1) is 10.8. The van der Waals surface area contributed by atoms with Crippen molar-refractivity contribution in [3.05, 3.63) is 44.9 Å². The van der Waals surface area contributed by atoms with Crippen LogP contribution < -0.4 is 0 Å². The SMILES string of the molecule is CC(=O)c1c(C)[nH]c(C(=O)[C@@H](C)OC(=O)Cc2cccs2)c1C. The second-order valence-corrected chi connectivity index (χ2v) is 6.47. The van der Waals surface area contributed by atoms with Crippen molar-refractivity contribution in [3.63, 3.8) is 0 Å². The molecule has 0 spiro atoms. The van der Waals surface area contributed by atoms with Crippen LogP contribution in [-0.4, -0.2) is 28.6 Å². The third-order valence-electron chi connectivity index (χ3n) is 3.61. The summed E-state index contributed by atoms with van der Waals surface area (Å²) in [6.07, 6.45) is -0.754. The van der Waals surface area contributed by atoms with E-state index in [0.717, 1.165) is 4.88 Å². The Morgan fingerprint density at radius 1 is 1.30 bits per heavy atom. The summed E-state index contributed by atoms with van der Waals surface area (Å²) < 4.78 is 5.22. The number of aromatic nitrogens is 1. The van der Waals surface area contributed by atoms with E-state index < -0.39 is 12.1 Å². The van der Waals surface area contributed by atoms with Crippen molar-refractivity contribution >= 4 is 28.9 Å². The zero-order chi connectivity index (χ0) is 17.1. The Hall–Kier alpha value is -2.21. The number of rotatable bonds is 6. The summed E-state index contributed by atoms with van der Waals surface area (Å²) in [5.74, 6) is -0.878. The van der Waals surface area contributed by atoms with Crippen molar-refractivity contribution in [2.24, 2.45) is 0 Å². The average Bonchev–Trinajstić information content (AvgIpc) is 3.05. The molecule has 0 aromatic carbocycles. The fraction of sp³-hybridized carbons (Fsp3) is 0.353. The lowest BCUT2D eigenvalue weighted by Crippen LogP contribution is -2.26. The predicted octanol–water partition coefficient (Wildman–Crippen LogP) is 3.25. The maximum Gasteiger partial charge on any atom is 0.311 e. The third kappa shape index (κ3) is 3.76. The molecule has 0 unspecified atom stereocenters. The Kier molecular flexibility index (Phi) is 5.15. The molecule has 0 saturated heterocycles. The summed E-state index contributed by atoms with van der Waals surface area (Å²) in [5, 5.41) is 1.88. The molecular formula is C17H19NO4S. The van der Waals surface area contributed by atoms with Gasteiger partial charge in [-0.25, -0.2) is 0 Å². The number of aryl methyl sites for hydroxylation is 1. The number of nitrogens with one attached hydrogen (secondary N) is 1. The van der Waals surface area contributed by atoms with Crippen LogP contribution >= 0.6 is 11.3 Å². The van der Waals surface area contributed by atoms with Crippen LogP contribution in [0.2, 0.25) is 0 Å². The van der Waals surface area contributed by atoms with Crippen molar-refractivity contribution in [1.82, 2.24) is 4.98 Å². The lowest BCUT2D eigenvalue weighted by atomic mass is 10.0. The Balaban J connectivity index is 2.09. The second-order valence-electron chi connectivity index (χ2n) is 5.43. The van der Waals surface area contributed by atoms with Gasteiger partial charge in [-0.05, 0) is 44.7 Å². The van der Waals surface area contributed by atoms with E-state index in [1.807, 2.05) is 17.5 Å². The van der Waals surface area contributed by atoms with Gasteiger partial charge in [-0.1, -0.05) is 6.07 Å². The van der Waals surface area contributed by atoms with Gasteiger partial charge in [0.15, 0.2) is 11.9 Å². The molecule has 0 bridgehead atoms. The highest BCUT2D eigenvalue weighted by atomic mass is 32.1. The molecule has 0 aliphatic rings. The van der Waals surface area contributed by atoms with Crippen LogP contribution in [0.25, 0.3) is 0 Å². The standard InChI is InChI=1S/C17H19NO4S/c1-9-15(11(3)19)10(2)18-16(9)17(21)12(4)22-14(20)8-13-6-5-7-23-13/h5-7,12,18H,8H2,1-4H3/t12-/m1/s1. The Labute approximate surface area is 138 Å². The molecule has 1 N–H and O–H groups in total. The van der Waals surface area contributed by atoms with Gasteiger partial charge in [-0.3, -0.25) is 14.4 Å². The summed E-state index contributed by atoms with van der Waals surface area (Å²) in [7, 11) is 0. The summed E-state index contributed by atoms with van der Waals surface area (Å²) in [5.41, 5.74) is 2.09. The number of ketones is 2. The van der Waals surface area contributed by atoms with E-state index in [2.05, 4.69) is 4.98 Å². The summed E-state index contributed by atoms with van der Waals surface area (Å²) in [4.78, 5) is 39.8. The van der Waals surface area contributed by atoms with Gasteiger partial charge in [-0.15, -0.1) is 11.3 Å². The minimum atomic E-state index is -0.904. The first-order valence-electron chi connectivity index (χ1n) is 7.27. The van der Waals surface area contributed by atoms with E-state index >= 15 is 0 Å². The van der Waals surface area contributed by atoms with Gasteiger partial charge >= 0.3 is 5.97 Å². The fourth-order valence-electron chi connectivity index (χ4n) is 2.58. The van der Waals surface area contributed by atoms with Crippen molar-refractivity contribution in [2.75, 3.05) is 0 Å². The summed E-state index contributed by atoms with van der Waals surface area (Å²) in [6, 6.07) is 3.70. The Morgan fingerprint density at radius 2 is 2.00 bits per heavy atom. The molecule has 2 rings (SSSR count). The molecule has 0 aliphatic carbocycles. The quantitative estimate of drug-likeness (QED) is 0.650. The smallest absolute Gasteiger partial charge is 0.311 e. The minimum Gasteiger partial charge on any atom is -0.454 e. The molecular weight excluding hydrogens is 314 g/mol. The fourth-order valence-corrected chi connectivity index (χ4v) is 3.27. The lowest BCUT2D eigenvalue weighted by molar-refractivity contribution is -0.145. The summed E-state index contributed by atoms with van der Waals surface area (Å²) >= 11 is 1.46. The number of carbonyl (C=O) groups excluding carboxylic acids is 3. The van der Waals surface area contributed by atoms with E-state index in [1.165, 1.54) is 25.2 Å². The number of hydrogen-bond acceptors (Lipinski definition) is 5. The van der Waals surface area contributed by atoms with Crippen molar-refractivity contribution in [1.29, 1.82) is 0 Å². The normalized spacial score (nSPS) is 12.0. The number of Topliss-reactive ketones (excluding diaryl/α,β-unsaturated/α-hetero) is 2. The van der Waals surface area contributed by atoms with Crippen molar-refractivity contribution in [2.45, 2.75) is 40.2 Å². The lowest BCUT2D eigenvalue weighted by Gasteiger charge is -2.12. The van der Waals surface area contributed by atoms with Gasteiger partial charge in [0.25, 0.3) is 0 Å². The number of H-pyrrole nitrogens is 1. The van der Waals surface area contributed by atoms with Crippen LogP contribution in [0.15, 0.2) is 17.5 Å². The third-order valence-corrected chi connectivity index (χ3v) is 4.49. The van der Waals surface area contributed by atoms with E-state index in [4.69, 9.17) is 4.74 Å². The minimum absolute atomic E-state index is 0.0994. The number of carbonyl (C=O) groups is 3. The number of esters is 1. The average molecular weight is 333 g/mol. The van der Waals surface area contributed by atoms with E-state index in [9.17, 15) is 14.4 Å². The number of ether oxygens (including phenoxy) is 1. The molecule has 23 heavy (non-hydrogen) atoms. The van der Waals surface area contributed by atoms with Gasteiger partial charge in [0.1, 0.15) is 0 Å². The van der Waals surface area contributed by atoms with Crippen LogP contribution in [0.5, 0.6) is 0 Å². The van der Waals surface area contributed by atoms with Gasteiger partial charge < -0.3 is 9.72 Å². The van der Waals surface area contributed by atoms with Crippen molar-refractivity contribution in [3.8, 4) is 0 Å². The molecule has 5 nitrogen and oxygen atoms in total. The Bertz CT molecular complexity index is 743. The van der Waals surface area contributed by atoms with Crippen LogP contribution in [0, 0.1) is 13.8 Å². The first-order valence-corrected chi connectivity index (χ1v) is 8.15. The molecule has 6 heteroatoms. The molecule has 0 saturated carbocycles. The Morgan fingerprint density at radius 3 is 2.52 bits per heavy atom. The van der Waals surface area contributed by atoms with Crippen LogP contribution in [-0.2, 0) is 16.0 Å².